The molecule has 7 nitrogen and oxygen atoms in total. The van der Waals surface area contributed by atoms with Gasteiger partial charge in [0.25, 0.3) is 5.69 Å². The number of carbonyl (C=O) groups is 2. The molecule has 0 amide bonds. The van der Waals surface area contributed by atoms with Crippen LogP contribution in [0.5, 0.6) is 5.75 Å². The number of para-hydroxylation sites is 1. The lowest BCUT2D eigenvalue weighted by molar-refractivity contribution is -0.384. The van der Waals surface area contributed by atoms with E-state index in [1.807, 2.05) is 31.3 Å². The third kappa shape index (κ3) is 4.66. The summed E-state index contributed by atoms with van der Waals surface area (Å²) < 4.78 is 6.26. The molecular formula is C31H34N2O5. The Morgan fingerprint density at radius 3 is 1.92 bits per heavy atom. The molecule has 1 heterocycles. The van der Waals surface area contributed by atoms with Crippen LogP contribution < -0.4 is 4.74 Å². The summed E-state index contributed by atoms with van der Waals surface area (Å²) >= 11 is 0. The van der Waals surface area contributed by atoms with Crippen LogP contribution in [-0.2, 0) is 16.2 Å². The molecule has 0 fully saturated rings. The van der Waals surface area contributed by atoms with E-state index in [4.69, 9.17) is 4.74 Å². The summed E-state index contributed by atoms with van der Waals surface area (Å²) in [4.78, 5) is 40.2. The first-order chi connectivity index (χ1) is 17.9. The van der Waals surface area contributed by atoms with E-state index in [9.17, 15) is 19.7 Å². The van der Waals surface area contributed by atoms with Crippen molar-refractivity contribution < 1.29 is 19.2 Å². The summed E-state index contributed by atoms with van der Waals surface area (Å²) in [5.74, 6) is 0.302. The van der Waals surface area contributed by atoms with Crippen molar-refractivity contribution in [1.29, 1.82) is 0 Å². The first kappa shape index (κ1) is 25.9. The molecular weight excluding hydrogens is 480 g/mol. The van der Waals surface area contributed by atoms with Crippen molar-refractivity contribution >= 4 is 17.3 Å². The largest absolute Gasteiger partial charge is 0.489 e. The summed E-state index contributed by atoms with van der Waals surface area (Å²) in [6, 6.07) is 13.9. The van der Waals surface area contributed by atoms with Gasteiger partial charge in [-0.05, 0) is 47.4 Å². The Morgan fingerprint density at radius 2 is 1.39 bits per heavy atom. The van der Waals surface area contributed by atoms with Gasteiger partial charge in [0.2, 0.25) is 0 Å². The topological polar surface area (TPSA) is 89.8 Å². The van der Waals surface area contributed by atoms with E-state index >= 15 is 0 Å². The van der Waals surface area contributed by atoms with Gasteiger partial charge in [0.05, 0.1) is 4.92 Å². The number of Topliss-reactive ketones (excluding diaryl/α,β-unsaturated/α-hetero) is 2. The number of rotatable bonds is 5. The molecule has 0 saturated heterocycles. The van der Waals surface area contributed by atoms with Gasteiger partial charge in [0.15, 0.2) is 11.6 Å². The Morgan fingerprint density at radius 1 is 0.868 bits per heavy atom. The molecule has 0 aromatic heterocycles. The average Bonchev–Trinajstić information content (AvgIpc) is 2.83. The van der Waals surface area contributed by atoms with Crippen molar-refractivity contribution in [3.8, 4) is 5.75 Å². The van der Waals surface area contributed by atoms with Gasteiger partial charge in [-0.15, -0.1) is 0 Å². The smallest absolute Gasteiger partial charge is 0.269 e. The van der Waals surface area contributed by atoms with Gasteiger partial charge < -0.3 is 9.64 Å². The minimum atomic E-state index is -0.475. The molecule has 0 N–H and O–H groups in total. The number of nitro groups is 1. The maximum absolute atomic E-state index is 13.7. The lowest BCUT2D eigenvalue weighted by atomic mass is 9.63. The highest BCUT2D eigenvalue weighted by Gasteiger charge is 2.48. The molecule has 2 aromatic rings. The van der Waals surface area contributed by atoms with Crippen LogP contribution in [0.2, 0.25) is 0 Å². The van der Waals surface area contributed by atoms with E-state index < -0.39 is 10.8 Å². The number of hydrogen-bond acceptors (Lipinski definition) is 6. The number of ether oxygens (including phenoxy) is 1. The van der Waals surface area contributed by atoms with Crippen LogP contribution in [0, 0.1) is 20.9 Å². The normalized spacial score (nSPS) is 20.8. The van der Waals surface area contributed by atoms with Crippen molar-refractivity contribution in [3.63, 3.8) is 0 Å². The molecule has 0 atom stereocenters. The molecule has 3 aliphatic rings. The van der Waals surface area contributed by atoms with Gasteiger partial charge in [-0.3, -0.25) is 19.7 Å². The van der Waals surface area contributed by atoms with Crippen molar-refractivity contribution in [1.82, 2.24) is 4.90 Å². The molecule has 1 aliphatic heterocycles. The number of carbonyl (C=O) groups excluding carboxylic acids is 2. The molecule has 2 aromatic carbocycles. The summed E-state index contributed by atoms with van der Waals surface area (Å²) in [6.45, 7) is 8.70. The SMILES string of the molecule is CN1C2=C(C(=O)CC(C)(C)C2)C(c2ccccc2OCc2ccc([N+](=O)[O-])cc2)C2=C1CC(C)(C)CC2=O. The Labute approximate surface area is 223 Å². The van der Waals surface area contributed by atoms with Crippen molar-refractivity contribution in [3.05, 3.63) is 92.3 Å². The zero-order chi connectivity index (χ0) is 27.4. The molecule has 5 rings (SSSR count). The van der Waals surface area contributed by atoms with Crippen molar-refractivity contribution in [2.24, 2.45) is 10.8 Å². The van der Waals surface area contributed by atoms with Crippen LogP contribution >= 0.6 is 0 Å². The average molecular weight is 515 g/mol. The minimum absolute atomic E-state index is 0.0249. The van der Waals surface area contributed by atoms with Gasteiger partial charge in [-0.2, -0.15) is 0 Å². The number of allylic oxidation sites excluding steroid dienone is 4. The second kappa shape index (κ2) is 9.22. The molecule has 38 heavy (non-hydrogen) atoms. The number of benzene rings is 2. The summed E-state index contributed by atoms with van der Waals surface area (Å²) in [5, 5.41) is 11.0. The van der Waals surface area contributed by atoms with E-state index in [1.165, 1.54) is 12.1 Å². The lowest BCUT2D eigenvalue weighted by Crippen LogP contribution is -2.43. The third-order valence-corrected chi connectivity index (χ3v) is 7.95. The van der Waals surface area contributed by atoms with E-state index in [2.05, 4.69) is 32.6 Å². The third-order valence-electron chi connectivity index (χ3n) is 7.95. The van der Waals surface area contributed by atoms with Gasteiger partial charge in [-0.25, -0.2) is 0 Å². The predicted octanol–water partition coefficient (Wildman–Crippen LogP) is 6.49. The fraction of sp³-hybridized carbons (Fsp3) is 0.419. The summed E-state index contributed by atoms with van der Waals surface area (Å²) in [5.41, 5.74) is 4.74. The van der Waals surface area contributed by atoms with Crippen LogP contribution in [0.25, 0.3) is 0 Å². The van der Waals surface area contributed by atoms with Gasteiger partial charge >= 0.3 is 0 Å². The number of hydrogen-bond donors (Lipinski definition) is 0. The Hall–Kier alpha value is -3.74. The van der Waals surface area contributed by atoms with Crippen molar-refractivity contribution in [2.45, 2.75) is 65.9 Å². The number of non-ortho nitro benzene ring substituents is 1. The number of ketones is 2. The second-order valence-corrected chi connectivity index (χ2v) is 12.3. The highest BCUT2D eigenvalue weighted by Crippen LogP contribution is 2.55. The van der Waals surface area contributed by atoms with E-state index in [-0.39, 0.29) is 34.7 Å². The Bertz CT molecular complexity index is 1340. The molecule has 198 valence electrons. The van der Waals surface area contributed by atoms with Crippen molar-refractivity contribution in [2.75, 3.05) is 7.05 Å². The predicted molar refractivity (Wildman–Crippen MR) is 144 cm³/mol. The van der Waals surface area contributed by atoms with Gasteiger partial charge in [0, 0.05) is 66.0 Å². The quantitative estimate of drug-likeness (QED) is 0.335. The highest BCUT2D eigenvalue weighted by atomic mass is 16.6. The molecule has 2 aliphatic carbocycles. The number of nitro benzene ring substituents is 1. The molecule has 0 spiro atoms. The fourth-order valence-electron chi connectivity index (χ4n) is 6.20. The van der Waals surface area contributed by atoms with Crippen LogP contribution in [0.1, 0.15) is 70.4 Å². The maximum atomic E-state index is 13.7. The first-order valence-electron chi connectivity index (χ1n) is 13.1. The molecule has 0 bridgehead atoms. The molecule has 0 unspecified atom stereocenters. The Kier molecular flexibility index (Phi) is 6.28. The first-order valence-corrected chi connectivity index (χ1v) is 13.1. The van der Waals surface area contributed by atoms with Gasteiger partial charge in [0.1, 0.15) is 12.4 Å². The molecule has 7 heteroatoms. The zero-order valence-electron chi connectivity index (χ0n) is 22.7. The monoisotopic (exact) mass is 514 g/mol. The standard InChI is InChI=1S/C31H34N2O5/c1-30(2)14-22-28(24(34)16-30)27(29-23(32(22)5)15-31(3,4)17-25(29)35)21-8-6-7-9-26(21)38-18-19-10-12-20(13-11-19)33(36)37/h6-13,27H,14-18H2,1-5H3. The highest BCUT2D eigenvalue weighted by molar-refractivity contribution is 6.07. The zero-order valence-corrected chi connectivity index (χ0v) is 22.7. The Balaban J connectivity index is 1.60. The second-order valence-electron chi connectivity index (χ2n) is 12.3. The minimum Gasteiger partial charge on any atom is -0.489 e. The van der Waals surface area contributed by atoms with Crippen LogP contribution in [0.15, 0.2) is 71.1 Å². The van der Waals surface area contributed by atoms with Crippen LogP contribution in [0.4, 0.5) is 5.69 Å². The molecule has 0 saturated carbocycles. The number of nitrogens with zero attached hydrogens (tertiary/aromatic N) is 2. The van der Waals surface area contributed by atoms with Crippen LogP contribution in [-0.4, -0.2) is 28.4 Å². The summed E-state index contributed by atoms with van der Waals surface area (Å²) in [7, 11) is 2.00. The van der Waals surface area contributed by atoms with E-state index in [0.717, 1.165) is 35.4 Å². The maximum Gasteiger partial charge on any atom is 0.269 e. The van der Waals surface area contributed by atoms with E-state index in [0.29, 0.717) is 29.7 Å². The van der Waals surface area contributed by atoms with E-state index in [1.54, 1.807) is 12.1 Å². The van der Waals surface area contributed by atoms with Gasteiger partial charge in [-0.1, -0.05) is 45.9 Å². The fourth-order valence-corrected chi connectivity index (χ4v) is 6.20. The van der Waals surface area contributed by atoms with Crippen LogP contribution in [0.3, 0.4) is 0 Å². The molecule has 0 radical (unpaired) electrons. The summed E-state index contributed by atoms with van der Waals surface area (Å²) in [6.07, 6.45) is 2.39. The lowest BCUT2D eigenvalue weighted by Gasteiger charge is -2.48.